The third-order valence-electron chi connectivity index (χ3n) is 4.87. The lowest BCUT2D eigenvalue weighted by atomic mass is 9.69. The summed E-state index contributed by atoms with van der Waals surface area (Å²) < 4.78 is 0. The van der Waals surface area contributed by atoms with E-state index in [1.807, 2.05) is 0 Å². The first-order chi connectivity index (χ1) is 7.92. The van der Waals surface area contributed by atoms with E-state index in [-0.39, 0.29) is 5.66 Å². The van der Waals surface area contributed by atoms with E-state index in [4.69, 9.17) is 0 Å². The van der Waals surface area contributed by atoms with Gasteiger partial charge in [0.15, 0.2) is 5.66 Å². The Bertz CT molecular complexity index is 275. The van der Waals surface area contributed by atoms with Crippen LogP contribution in [0.15, 0.2) is 9.98 Å². The van der Waals surface area contributed by atoms with Crippen molar-refractivity contribution in [3.05, 3.63) is 0 Å². The molecule has 0 spiro atoms. The predicted octanol–water partition coefficient (Wildman–Crippen LogP) is 4.03. The Balaban J connectivity index is 1.74. The van der Waals surface area contributed by atoms with Gasteiger partial charge in [-0.3, -0.25) is 0 Å². The van der Waals surface area contributed by atoms with Crippen molar-refractivity contribution in [3.63, 3.8) is 0 Å². The standard InChI is InChI=1S/C14H22N2/c1-3-7-12(8-4-1)14(15-11-16-14)13-9-5-2-6-10-13/h12-13H,1-10H2. The van der Waals surface area contributed by atoms with Gasteiger partial charge < -0.3 is 0 Å². The molecule has 2 saturated carbocycles. The molecule has 0 atom stereocenters. The molecule has 0 unspecified atom stereocenters. The van der Waals surface area contributed by atoms with Crippen LogP contribution in [0, 0.1) is 11.8 Å². The fourth-order valence-electron chi connectivity index (χ4n) is 3.92. The van der Waals surface area contributed by atoms with E-state index in [0.29, 0.717) is 0 Å². The van der Waals surface area contributed by atoms with Crippen LogP contribution in [0.25, 0.3) is 0 Å². The summed E-state index contributed by atoms with van der Waals surface area (Å²) in [6, 6.07) is 2.85. The average molecular weight is 218 g/mol. The van der Waals surface area contributed by atoms with E-state index in [1.165, 1.54) is 64.2 Å². The molecule has 0 radical (unpaired) electrons. The molecular formula is C14H22N2. The van der Waals surface area contributed by atoms with Gasteiger partial charge in [0.2, 0.25) is 0 Å². The number of hydrogen-bond donors (Lipinski definition) is 0. The van der Waals surface area contributed by atoms with Crippen LogP contribution in [0.1, 0.15) is 64.2 Å². The van der Waals surface area contributed by atoms with E-state index in [9.17, 15) is 0 Å². The maximum absolute atomic E-state index is 4.63. The maximum Gasteiger partial charge on any atom is 0.176 e. The van der Waals surface area contributed by atoms with Gasteiger partial charge in [-0.1, -0.05) is 38.5 Å². The van der Waals surface area contributed by atoms with Crippen molar-refractivity contribution in [1.29, 1.82) is 0 Å². The first kappa shape index (κ1) is 10.5. The summed E-state index contributed by atoms with van der Waals surface area (Å²) in [6.45, 7) is 0. The fourth-order valence-corrected chi connectivity index (χ4v) is 3.92. The molecule has 2 nitrogen and oxygen atoms in total. The van der Waals surface area contributed by atoms with Crippen molar-refractivity contribution in [2.45, 2.75) is 69.9 Å². The highest BCUT2D eigenvalue weighted by Gasteiger charge is 2.48. The number of nitrogens with zero attached hydrogens (tertiary/aromatic N) is 2. The van der Waals surface area contributed by atoms with Gasteiger partial charge in [0.25, 0.3) is 0 Å². The second-order valence-corrected chi connectivity index (χ2v) is 5.78. The molecule has 16 heavy (non-hydrogen) atoms. The molecule has 1 aliphatic heterocycles. The van der Waals surface area contributed by atoms with Crippen LogP contribution in [0.2, 0.25) is 0 Å². The molecule has 0 bridgehead atoms. The zero-order valence-electron chi connectivity index (χ0n) is 10.1. The van der Waals surface area contributed by atoms with Crippen LogP contribution >= 0.6 is 0 Å². The highest BCUT2D eigenvalue weighted by molar-refractivity contribution is 5.50. The van der Waals surface area contributed by atoms with Gasteiger partial charge in [-0.05, 0) is 25.7 Å². The average Bonchev–Trinajstić information content (AvgIpc) is 2.31. The van der Waals surface area contributed by atoms with E-state index < -0.39 is 0 Å². The quantitative estimate of drug-likeness (QED) is 0.668. The third kappa shape index (κ3) is 1.64. The normalized spacial score (nSPS) is 30.2. The second kappa shape index (κ2) is 4.33. The molecule has 1 heterocycles. The van der Waals surface area contributed by atoms with E-state index in [1.54, 1.807) is 0 Å². The molecular weight excluding hydrogens is 196 g/mol. The van der Waals surface area contributed by atoms with Crippen LogP contribution in [0.5, 0.6) is 0 Å². The zero-order chi connectivity index (χ0) is 10.8. The van der Waals surface area contributed by atoms with Crippen LogP contribution in [0.4, 0.5) is 0 Å². The van der Waals surface area contributed by atoms with E-state index in [2.05, 4.69) is 16.0 Å². The number of rotatable bonds is 2. The van der Waals surface area contributed by atoms with E-state index >= 15 is 0 Å². The number of aliphatic imine (C=N–C) groups is 2. The Hall–Kier alpha value is -0.620. The summed E-state index contributed by atoms with van der Waals surface area (Å²) >= 11 is 0. The Kier molecular flexibility index (Phi) is 2.85. The SMILES string of the molecule is C1=NC(C2CCCCC2)(C2CCCCC2)N=1. The highest BCUT2D eigenvalue weighted by atomic mass is 15.2. The summed E-state index contributed by atoms with van der Waals surface area (Å²) in [4.78, 5) is 9.26. The molecule has 2 heteroatoms. The minimum absolute atomic E-state index is 0.000833. The molecule has 2 aliphatic carbocycles. The largest absolute Gasteiger partial charge is 0.193 e. The summed E-state index contributed by atoms with van der Waals surface area (Å²) in [6.07, 6.45) is 13.8. The molecule has 0 aromatic rings. The third-order valence-corrected chi connectivity index (χ3v) is 4.87. The van der Waals surface area contributed by atoms with Crippen molar-refractivity contribution in [2.24, 2.45) is 21.8 Å². The van der Waals surface area contributed by atoms with Crippen molar-refractivity contribution in [1.82, 2.24) is 0 Å². The van der Waals surface area contributed by atoms with Crippen molar-refractivity contribution in [2.75, 3.05) is 0 Å². The first-order valence-electron chi connectivity index (χ1n) is 7.10. The molecule has 3 rings (SSSR count). The summed E-state index contributed by atoms with van der Waals surface area (Å²) in [5.41, 5.74) is 0.000833. The van der Waals surface area contributed by atoms with Crippen molar-refractivity contribution < 1.29 is 0 Å². The Labute approximate surface area is 98.3 Å². The molecule has 0 saturated heterocycles. The van der Waals surface area contributed by atoms with Gasteiger partial charge in [-0.25, -0.2) is 0 Å². The lowest BCUT2D eigenvalue weighted by Crippen LogP contribution is -2.46. The molecule has 3 aliphatic rings. The molecule has 0 amide bonds. The minimum Gasteiger partial charge on any atom is -0.193 e. The second-order valence-electron chi connectivity index (χ2n) is 5.78. The molecule has 0 N–H and O–H groups in total. The topological polar surface area (TPSA) is 24.7 Å². The predicted molar refractivity (Wildman–Crippen MR) is 65.7 cm³/mol. The Morgan fingerprint density at radius 2 is 1.12 bits per heavy atom. The molecule has 0 aromatic carbocycles. The minimum atomic E-state index is 0.000833. The van der Waals surface area contributed by atoms with Crippen molar-refractivity contribution in [3.8, 4) is 0 Å². The highest BCUT2D eigenvalue weighted by Crippen LogP contribution is 2.47. The van der Waals surface area contributed by atoms with Crippen LogP contribution in [-0.2, 0) is 0 Å². The smallest absolute Gasteiger partial charge is 0.176 e. The molecule has 2 fully saturated rings. The lowest BCUT2D eigenvalue weighted by molar-refractivity contribution is 0.107. The number of hydrogen-bond acceptors (Lipinski definition) is 2. The Morgan fingerprint density at radius 1 is 0.688 bits per heavy atom. The fraction of sp³-hybridized carbons (Fsp3) is 0.929. The van der Waals surface area contributed by atoms with Gasteiger partial charge in [-0.2, -0.15) is 9.98 Å². The lowest BCUT2D eigenvalue weighted by Gasteiger charge is -2.44. The van der Waals surface area contributed by atoms with Gasteiger partial charge in [0, 0.05) is 11.8 Å². The monoisotopic (exact) mass is 218 g/mol. The van der Waals surface area contributed by atoms with Crippen LogP contribution in [0.3, 0.4) is 0 Å². The van der Waals surface area contributed by atoms with Crippen LogP contribution < -0.4 is 0 Å². The summed E-state index contributed by atoms with van der Waals surface area (Å²) in [7, 11) is 0. The van der Waals surface area contributed by atoms with Gasteiger partial charge in [0.05, 0.1) is 6.01 Å². The first-order valence-corrected chi connectivity index (χ1v) is 7.10. The zero-order valence-corrected chi connectivity index (χ0v) is 10.1. The van der Waals surface area contributed by atoms with Crippen LogP contribution in [-0.4, -0.2) is 11.7 Å². The summed E-state index contributed by atoms with van der Waals surface area (Å²) in [5.74, 6) is 1.48. The molecule has 88 valence electrons. The molecule has 0 aromatic heterocycles. The van der Waals surface area contributed by atoms with Gasteiger partial charge >= 0.3 is 0 Å². The van der Waals surface area contributed by atoms with Crippen molar-refractivity contribution >= 4 is 6.01 Å². The summed E-state index contributed by atoms with van der Waals surface area (Å²) in [5, 5.41) is 0. The van der Waals surface area contributed by atoms with E-state index in [0.717, 1.165) is 11.8 Å². The maximum atomic E-state index is 4.63. The van der Waals surface area contributed by atoms with Gasteiger partial charge in [0.1, 0.15) is 0 Å². The van der Waals surface area contributed by atoms with Gasteiger partial charge in [-0.15, -0.1) is 0 Å². The Morgan fingerprint density at radius 3 is 1.44 bits per heavy atom.